The highest BCUT2D eigenvalue weighted by Crippen LogP contribution is 2.29. The van der Waals surface area contributed by atoms with Crippen LogP contribution in [0, 0.1) is 0 Å². The summed E-state index contributed by atoms with van der Waals surface area (Å²) in [4.78, 5) is 0.731. The van der Waals surface area contributed by atoms with E-state index in [9.17, 15) is 0 Å². The molecule has 0 fully saturated rings. The number of ether oxygens (including phenoxy) is 1. The Morgan fingerprint density at radius 1 is 1.00 bits per heavy atom. The molecule has 0 saturated carbocycles. The molecule has 0 aliphatic carbocycles. The molecule has 5 rings (SSSR count). The Bertz CT molecular complexity index is 1220. The predicted octanol–water partition coefficient (Wildman–Crippen LogP) is 4.31. The van der Waals surface area contributed by atoms with Crippen molar-refractivity contribution in [1.29, 1.82) is 0 Å². The fraction of sp³-hybridized carbons (Fsp3) is 0.100. The molecule has 8 heteroatoms. The smallest absolute Gasteiger partial charge is 0.235 e. The molecule has 1 N–H and O–H groups in total. The molecule has 0 amide bonds. The zero-order valence-electron chi connectivity index (χ0n) is 15.0. The zero-order valence-corrected chi connectivity index (χ0v) is 15.8. The molecule has 0 unspecified atom stereocenters. The molecule has 0 aliphatic heterocycles. The molecule has 0 saturated heterocycles. The Kier molecular flexibility index (Phi) is 4.10. The molecule has 5 aromatic rings. The molecule has 28 heavy (non-hydrogen) atoms. The van der Waals surface area contributed by atoms with Crippen molar-refractivity contribution >= 4 is 16.3 Å². The molecular weight excluding hydrogens is 372 g/mol. The van der Waals surface area contributed by atoms with Crippen molar-refractivity contribution in [2.75, 3.05) is 6.61 Å². The average molecular weight is 388 g/mol. The van der Waals surface area contributed by atoms with Crippen molar-refractivity contribution < 1.29 is 4.74 Å². The van der Waals surface area contributed by atoms with Gasteiger partial charge < -0.3 is 4.74 Å². The summed E-state index contributed by atoms with van der Waals surface area (Å²) in [6, 6.07) is 19.9. The van der Waals surface area contributed by atoms with Crippen LogP contribution < -0.4 is 4.74 Å². The molecular formula is C20H16N6OS. The predicted molar refractivity (Wildman–Crippen MR) is 108 cm³/mol. The Balaban J connectivity index is 1.49. The van der Waals surface area contributed by atoms with Gasteiger partial charge in [-0.15, -0.1) is 10.2 Å². The van der Waals surface area contributed by atoms with Crippen LogP contribution in [0.1, 0.15) is 6.92 Å². The number of hydrogen-bond donors (Lipinski definition) is 1. The van der Waals surface area contributed by atoms with E-state index in [0.717, 1.165) is 38.2 Å². The Hall–Kier alpha value is -3.52. The van der Waals surface area contributed by atoms with Crippen LogP contribution in [0.3, 0.4) is 0 Å². The largest absolute Gasteiger partial charge is 0.494 e. The van der Waals surface area contributed by atoms with E-state index in [1.54, 1.807) is 4.52 Å². The van der Waals surface area contributed by atoms with E-state index in [4.69, 9.17) is 9.84 Å². The maximum atomic E-state index is 5.50. The number of rotatable bonds is 5. The van der Waals surface area contributed by atoms with Gasteiger partial charge in [-0.2, -0.15) is 14.7 Å². The van der Waals surface area contributed by atoms with Crippen LogP contribution in [0.15, 0.2) is 60.7 Å². The average Bonchev–Trinajstić information content (AvgIpc) is 3.45. The van der Waals surface area contributed by atoms with Crippen molar-refractivity contribution in [3.8, 4) is 39.1 Å². The summed E-state index contributed by atoms with van der Waals surface area (Å²) in [5.74, 6) is 1.49. The van der Waals surface area contributed by atoms with Crippen molar-refractivity contribution in [2.24, 2.45) is 0 Å². The van der Waals surface area contributed by atoms with Gasteiger partial charge in [-0.3, -0.25) is 5.10 Å². The lowest BCUT2D eigenvalue weighted by Crippen LogP contribution is -1.92. The summed E-state index contributed by atoms with van der Waals surface area (Å²) in [6.07, 6.45) is 0. The number of benzene rings is 2. The van der Waals surface area contributed by atoms with Crippen LogP contribution in [0.2, 0.25) is 0 Å². The number of H-pyrrole nitrogens is 1. The van der Waals surface area contributed by atoms with Gasteiger partial charge in [0.1, 0.15) is 16.5 Å². The molecule has 2 aromatic carbocycles. The third-order valence-corrected chi connectivity index (χ3v) is 5.24. The lowest BCUT2D eigenvalue weighted by Gasteiger charge is -2.02. The molecule has 0 aliphatic rings. The van der Waals surface area contributed by atoms with Crippen molar-refractivity contribution in [3.05, 3.63) is 60.7 Å². The zero-order chi connectivity index (χ0) is 18.9. The van der Waals surface area contributed by atoms with Gasteiger partial charge in [-0.1, -0.05) is 41.7 Å². The monoisotopic (exact) mass is 388 g/mol. The molecule has 0 atom stereocenters. The summed E-state index contributed by atoms with van der Waals surface area (Å²) < 4.78 is 7.25. The van der Waals surface area contributed by atoms with Crippen molar-refractivity contribution in [1.82, 2.24) is 30.0 Å². The maximum Gasteiger partial charge on any atom is 0.235 e. The van der Waals surface area contributed by atoms with Gasteiger partial charge in [0.05, 0.1) is 12.3 Å². The van der Waals surface area contributed by atoms with E-state index in [0.29, 0.717) is 12.4 Å². The van der Waals surface area contributed by atoms with Crippen LogP contribution in [-0.2, 0) is 0 Å². The van der Waals surface area contributed by atoms with E-state index >= 15 is 0 Å². The minimum atomic E-state index is 0.637. The topological polar surface area (TPSA) is 81.0 Å². The minimum absolute atomic E-state index is 0.637. The van der Waals surface area contributed by atoms with Crippen LogP contribution in [0.4, 0.5) is 0 Å². The first-order valence-electron chi connectivity index (χ1n) is 8.88. The third-order valence-electron chi connectivity index (χ3n) is 4.29. The second-order valence-electron chi connectivity index (χ2n) is 6.12. The van der Waals surface area contributed by atoms with E-state index < -0.39 is 0 Å². The number of fused-ring (bicyclic) bond motifs is 1. The van der Waals surface area contributed by atoms with Gasteiger partial charge in [0, 0.05) is 11.1 Å². The van der Waals surface area contributed by atoms with Crippen LogP contribution in [0.5, 0.6) is 5.75 Å². The lowest BCUT2D eigenvalue weighted by atomic mass is 10.1. The number of aromatic amines is 1. The first-order chi connectivity index (χ1) is 13.8. The van der Waals surface area contributed by atoms with E-state index in [2.05, 4.69) is 20.4 Å². The fourth-order valence-electron chi connectivity index (χ4n) is 2.96. The van der Waals surface area contributed by atoms with Gasteiger partial charge in [-0.05, 0) is 37.3 Å². The van der Waals surface area contributed by atoms with Crippen LogP contribution in [-0.4, -0.2) is 36.6 Å². The number of nitrogens with one attached hydrogen (secondary N) is 1. The normalized spacial score (nSPS) is 11.2. The standard InChI is InChI=1S/C20H16N6OS/c1-2-27-15-10-8-14(9-11-15)19-25-26-18(23-24-20(26)28-19)17-12-16(21-22-17)13-6-4-3-5-7-13/h3-12H,2H2,1H3,(H,21,22). The Morgan fingerprint density at radius 2 is 1.82 bits per heavy atom. The minimum Gasteiger partial charge on any atom is -0.494 e. The van der Waals surface area contributed by atoms with Gasteiger partial charge in [-0.25, -0.2) is 0 Å². The first-order valence-corrected chi connectivity index (χ1v) is 9.70. The Morgan fingerprint density at radius 3 is 2.61 bits per heavy atom. The summed E-state index contributed by atoms with van der Waals surface area (Å²) in [7, 11) is 0. The van der Waals surface area contributed by atoms with Gasteiger partial charge in [0.2, 0.25) is 10.8 Å². The van der Waals surface area contributed by atoms with Gasteiger partial charge >= 0.3 is 0 Å². The SMILES string of the molecule is CCOc1ccc(-c2nn3c(-c4cc(-c5ccccc5)n[nH]4)nnc3s2)cc1. The number of nitrogens with zero attached hydrogens (tertiary/aromatic N) is 5. The summed E-state index contributed by atoms with van der Waals surface area (Å²) in [6.45, 7) is 2.62. The lowest BCUT2D eigenvalue weighted by molar-refractivity contribution is 0.340. The molecule has 0 radical (unpaired) electrons. The van der Waals surface area contributed by atoms with Gasteiger partial charge in [0.15, 0.2) is 0 Å². The van der Waals surface area contributed by atoms with Crippen LogP contribution in [0.25, 0.3) is 38.3 Å². The molecule has 7 nitrogen and oxygen atoms in total. The molecule has 3 aromatic heterocycles. The fourth-order valence-corrected chi connectivity index (χ4v) is 3.80. The second-order valence-corrected chi connectivity index (χ2v) is 7.07. The summed E-state index contributed by atoms with van der Waals surface area (Å²) in [5.41, 5.74) is 3.68. The van der Waals surface area contributed by atoms with Gasteiger partial charge in [0.25, 0.3) is 0 Å². The summed E-state index contributed by atoms with van der Waals surface area (Å²) in [5, 5.41) is 21.6. The maximum absolute atomic E-state index is 5.50. The molecule has 3 heterocycles. The van der Waals surface area contributed by atoms with E-state index in [1.807, 2.05) is 67.6 Å². The Labute approximate surface area is 164 Å². The highest BCUT2D eigenvalue weighted by molar-refractivity contribution is 7.19. The van der Waals surface area contributed by atoms with Crippen LogP contribution >= 0.6 is 11.3 Å². The quantitative estimate of drug-likeness (QED) is 0.485. The second kappa shape index (κ2) is 6.90. The highest BCUT2D eigenvalue weighted by atomic mass is 32.1. The molecule has 0 spiro atoms. The van der Waals surface area contributed by atoms with E-state index in [-0.39, 0.29) is 0 Å². The molecule has 0 bridgehead atoms. The highest BCUT2D eigenvalue weighted by Gasteiger charge is 2.16. The molecule has 138 valence electrons. The summed E-state index contributed by atoms with van der Waals surface area (Å²) >= 11 is 1.49. The third kappa shape index (κ3) is 2.93. The number of hydrogen-bond acceptors (Lipinski definition) is 6. The van der Waals surface area contributed by atoms with Crippen molar-refractivity contribution in [3.63, 3.8) is 0 Å². The number of aromatic nitrogens is 6. The van der Waals surface area contributed by atoms with E-state index in [1.165, 1.54) is 11.3 Å². The van der Waals surface area contributed by atoms with Crippen molar-refractivity contribution in [2.45, 2.75) is 6.92 Å². The first kappa shape index (κ1) is 16.6.